The first-order chi connectivity index (χ1) is 8.65. The van der Waals surface area contributed by atoms with Crippen LogP contribution in [-0.4, -0.2) is 24.0 Å². The van der Waals surface area contributed by atoms with Gasteiger partial charge in [0.1, 0.15) is 5.82 Å². The van der Waals surface area contributed by atoms with Crippen LogP contribution in [0.2, 0.25) is 5.02 Å². The molecule has 1 saturated carbocycles. The van der Waals surface area contributed by atoms with Crippen LogP contribution in [0.1, 0.15) is 36.5 Å². The summed E-state index contributed by atoms with van der Waals surface area (Å²) in [6.45, 7) is 2.16. The summed E-state index contributed by atoms with van der Waals surface area (Å²) in [5.74, 6) is 1.15. The van der Waals surface area contributed by atoms with Crippen molar-refractivity contribution in [3.8, 4) is 0 Å². The topological polar surface area (TPSA) is 54.0 Å². The van der Waals surface area contributed by atoms with Crippen LogP contribution in [0.25, 0.3) is 0 Å². The molecule has 18 heavy (non-hydrogen) atoms. The van der Waals surface area contributed by atoms with E-state index < -0.39 is 0 Å². The molecule has 1 aliphatic carbocycles. The number of carbonyl (C=O) groups is 1. The maximum absolute atomic E-state index is 12.0. The highest BCUT2D eigenvalue weighted by Gasteiger charge is 2.37. The van der Waals surface area contributed by atoms with Gasteiger partial charge in [-0.25, -0.2) is 4.98 Å². The van der Waals surface area contributed by atoms with Gasteiger partial charge in [0.2, 0.25) is 0 Å². The first-order valence-electron chi connectivity index (χ1n) is 6.29. The van der Waals surface area contributed by atoms with Crippen molar-refractivity contribution in [2.75, 3.05) is 12.4 Å². The van der Waals surface area contributed by atoms with Gasteiger partial charge in [-0.15, -0.1) is 0 Å². The summed E-state index contributed by atoms with van der Waals surface area (Å²) in [4.78, 5) is 16.1. The summed E-state index contributed by atoms with van der Waals surface area (Å²) in [6, 6.07) is 1.98. The van der Waals surface area contributed by atoms with Crippen LogP contribution in [-0.2, 0) is 0 Å². The number of hydrogen-bond donors (Lipinski definition) is 2. The number of amides is 1. The van der Waals surface area contributed by atoms with Crippen molar-refractivity contribution >= 4 is 23.3 Å². The SMILES string of the molecule is CCCC1CC1NC(=O)c1cnc(NC)c(Cl)c1. The third kappa shape index (κ3) is 2.93. The normalized spacial score (nSPS) is 21.5. The molecule has 98 valence electrons. The van der Waals surface area contributed by atoms with E-state index in [2.05, 4.69) is 22.5 Å². The predicted molar refractivity (Wildman–Crippen MR) is 73.1 cm³/mol. The van der Waals surface area contributed by atoms with Crippen molar-refractivity contribution in [2.24, 2.45) is 5.92 Å². The fourth-order valence-corrected chi connectivity index (χ4v) is 2.37. The molecule has 2 atom stereocenters. The molecule has 0 aliphatic heterocycles. The lowest BCUT2D eigenvalue weighted by Gasteiger charge is -2.07. The molecule has 1 amide bonds. The highest BCUT2D eigenvalue weighted by molar-refractivity contribution is 6.33. The third-order valence-corrected chi connectivity index (χ3v) is 3.53. The Morgan fingerprint density at radius 2 is 2.39 bits per heavy atom. The molecule has 2 unspecified atom stereocenters. The van der Waals surface area contributed by atoms with Crippen molar-refractivity contribution in [2.45, 2.75) is 32.2 Å². The Labute approximate surface area is 112 Å². The number of rotatable bonds is 5. The zero-order valence-corrected chi connectivity index (χ0v) is 11.4. The Morgan fingerprint density at radius 1 is 1.61 bits per heavy atom. The number of anilines is 1. The first kappa shape index (κ1) is 13.1. The van der Waals surface area contributed by atoms with Gasteiger partial charge in [-0.3, -0.25) is 4.79 Å². The molecule has 1 heterocycles. The third-order valence-electron chi connectivity index (χ3n) is 3.24. The summed E-state index contributed by atoms with van der Waals surface area (Å²) >= 11 is 6.00. The predicted octanol–water partition coefficient (Wildman–Crippen LogP) is 2.70. The Morgan fingerprint density at radius 3 is 3.00 bits per heavy atom. The second-order valence-electron chi connectivity index (χ2n) is 4.67. The van der Waals surface area contributed by atoms with Crippen molar-refractivity contribution in [3.05, 3.63) is 22.8 Å². The van der Waals surface area contributed by atoms with Gasteiger partial charge in [0.05, 0.1) is 10.6 Å². The monoisotopic (exact) mass is 267 g/mol. The maximum Gasteiger partial charge on any atom is 0.253 e. The minimum Gasteiger partial charge on any atom is -0.372 e. The van der Waals surface area contributed by atoms with E-state index in [1.807, 2.05) is 0 Å². The number of hydrogen-bond acceptors (Lipinski definition) is 3. The van der Waals surface area contributed by atoms with Crippen LogP contribution >= 0.6 is 11.6 Å². The minimum absolute atomic E-state index is 0.0874. The number of nitrogens with one attached hydrogen (secondary N) is 2. The van der Waals surface area contributed by atoms with E-state index in [4.69, 9.17) is 11.6 Å². The second-order valence-corrected chi connectivity index (χ2v) is 5.08. The number of carbonyl (C=O) groups excluding carboxylic acids is 1. The average Bonchev–Trinajstić information content (AvgIpc) is 3.07. The number of aromatic nitrogens is 1. The lowest BCUT2D eigenvalue weighted by molar-refractivity contribution is 0.0948. The summed E-state index contributed by atoms with van der Waals surface area (Å²) in [5.41, 5.74) is 0.515. The maximum atomic E-state index is 12.0. The molecule has 1 aromatic rings. The Balaban J connectivity index is 1.95. The zero-order valence-electron chi connectivity index (χ0n) is 10.7. The highest BCUT2D eigenvalue weighted by Crippen LogP contribution is 2.34. The second kappa shape index (κ2) is 5.57. The van der Waals surface area contributed by atoms with E-state index in [1.54, 1.807) is 19.3 Å². The van der Waals surface area contributed by atoms with Gasteiger partial charge in [-0.05, 0) is 24.8 Å². The molecule has 4 nitrogen and oxygen atoms in total. The van der Waals surface area contributed by atoms with Crippen LogP contribution in [0.15, 0.2) is 12.3 Å². The van der Waals surface area contributed by atoms with Crippen LogP contribution in [0.4, 0.5) is 5.82 Å². The molecule has 0 saturated heterocycles. The summed E-state index contributed by atoms with van der Waals surface area (Å²) in [7, 11) is 1.74. The molecule has 2 rings (SSSR count). The molecule has 1 aromatic heterocycles. The Kier molecular flexibility index (Phi) is 4.07. The minimum atomic E-state index is -0.0874. The fraction of sp³-hybridized carbons (Fsp3) is 0.538. The van der Waals surface area contributed by atoms with E-state index in [1.165, 1.54) is 12.8 Å². The lowest BCUT2D eigenvalue weighted by atomic mass is 10.2. The van der Waals surface area contributed by atoms with Crippen LogP contribution in [0, 0.1) is 5.92 Å². The Hall–Kier alpha value is -1.29. The lowest BCUT2D eigenvalue weighted by Crippen LogP contribution is -2.27. The van der Waals surface area contributed by atoms with Gasteiger partial charge in [0.15, 0.2) is 0 Å². The van der Waals surface area contributed by atoms with Crippen LogP contribution in [0.5, 0.6) is 0 Å². The van der Waals surface area contributed by atoms with Crippen LogP contribution < -0.4 is 10.6 Å². The molecule has 0 spiro atoms. The molecule has 2 N–H and O–H groups in total. The molecular weight excluding hydrogens is 250 g/mol. The zero-order chi connectivity index (χ0) is 13.1. The number of halogens is 1. The van der Waals surface area contributed by atoms with Crippen molar-refractivity contribution in [3.63, 3.8) is 0 Å². The quantitative estimate of drug-likeness (QED) is 0.862. The average molecular weight is 268 g/mol. The molecule has 0 aromatic carbocycles. The van der Waals surface area contributed by atoms with Crippen molar-refractivity contribution in [1.29, 1.82) is 0 Å². The van der Waals surface area contributed by atoms with Gasteiger partial charge < -0.3 is 10.6 Å². The van der Waals surface area contributed by atoms with Crippen molar-refractivity contribution < 1.29 is 4.79 Å². The molecule has 1 aliphatic rings. The number of pyridine rings is 1. The Bertz CT molecular complexity index is 450. The highest BCUT2D eigenvalue weighted by atomic mass is 35.5. The molecule has 0 bridgehead atoms. The van der Waals surface area contributed by atoms with Gasteiger partial charge >= 0.3 is 0 Å². The van der Waals surface area contributed by atoms with E-state index in [0.717, 1.165) is 6.42 Å². The molecule has 5 heteroatoms. The summed E-state index contributed by atoms with van der Waals surface area (Å²) < 4.78 is 0. The molecule has 0 radical (unpaired) electrons. The fourth-order valence-electron chi connectivity index (χ4n) is 2.11. The summed E-state index contributed by atoms with van der Waals surface area (Å²) in [5, 5.41) is 6.34. The standard InChI is InChI=1S/C13H18ClN3O/c1-3-4-8-6-11(8)17-13(18)9-5-10(14)12(15-2)16-7-9/h5,7-8,11H,3-4,6H2,1-2H3,(H,15,16)(H,17,18). The number of nitrogens with zero attached hydrogens (tertiary/aromatic N) is 1. The van der Waals surface area contributed by atoms with Gasteiger partial charge in [-0.1, -0.05) is 24.9 Å². The van der Waals surface area contributed by atoms with Gasteiger partial charge in [0.25, 0.3) is 5.91 Å². The van der Waals surface area contributed by atoms with Gasteiger partial charge in [0, 0.05) is 19.3 Å². The van der Waals surface area contributed by atoms with E-state index in [9.17, 15) is 4.79 Å². The van der Waals surface area contributed by atoms with E-state index in [-0.39, 0.29) is 5.91 Å². The van der Waals surface area contributed by atoms with Crippen LogP contribution in [0.3, 0.4) is 0 Å². The first-order valence-corrected chi connectivity index (χ1v) is 6.67. The van der Waals surface area contributed by atoms with E-state index in [0.29, 0.717) is 28.4 Å². The molecular formula is C13H18ClN3O. The van der Waals surface area contributed by atoms with Gasteiger partial charge in [-0.2, -0.15) is 0 Å². The smallest absolute Gasteiger partial charge is 0.253 e. The summed E-state index contributed by atoms with van der Waals surface area (Å²) in [6.07, 6.45) is 4.99. The molecule has 1 fully saturated rings. The van der Waals surface area contributed by atoms with Crippen molar-refractivity contribution in [1.82, 2.24) is 10.3 Å². The largest absolute Gasteiger partial charge is 0.372 e. The van der Waals surface area contributed by atoms with E-state index >= 15 is 0 Å².